The topological polar surface area (TPSA) is 57.3 Å². The summed E-state index contributed by atoms with van der Waals surface area (Å²) >= 11 is 0. The van der Waals surface area contributed by atoms with Gasteiger partial charge >= 0.3 is 0 Å². The minimum absolute atomic E-state index is 0.0521. The quantitative estimate of drug-likeness (QED) is 0.789. The maximum absolute atomic E-state index is 12.4. The van der Waals surface area contributed by atoms with E-state index in [1.807, 2.05) is 20.8 Å². The Labute approximate surface area is 118 Å². The van der Waals surface area contributed by atoms with E-state index in [-0.39, 0.29) is 4.90 Å². The van der Waals surface area contributed by atoms with Crippen LogP contribution in [0.1, 0.15) is 39.2 Å². The van der Waals surface area contributed by atoms with Crippen LogP contribution in [-0.4, -0.2) is 19.0 Å². The molecule has 1 fully saturated rings. The van der Waals surface area contributed by atoms with Gasteiger partial charge in [0.05, 0.1) is 10.4 Å². The average Bonchev–Trinajstić information content (AvgIpc) is 2.54. The summed E-state index contributed by atoms with van der Waals surface area (Å²) in [6, 6.07) is 6.23. The van der Waals surface area contributed by atoms with Crippen molar-refractivity contribution in [2.24, 2.45) is 0 Å². The number of hydrogen-bond acceptors (Lipinski definition) is 3. The van der Waals surface area contributed by atoms with Crippen molar-refractivity contribution in [1.82, 2.24) is 5.06 Å². The molecule has 1 saturated heterocycles. The third kappa shape index (κ3) is 2.52. The monoisotopic (exact) mass is 302 g/mol. The molecule has 0 saturated carbocycles. The molecule has 6 heteroatoms. The first-order valence-corrected chi connectivity index (χ1v) is 8.41. The van der Waals surface area contributed by atoms with Crippen molar-refractivity contribution in [2.45, 2.75) is 49.6 Å². The maximum atomic E-state index is 12.4. The van der Waals surface area contributed by atoms with Gasteiger partial charge in [-0.1, -0.05) is 12.1 Å². The zero-order valence-electron chi connectivity index (χ0n) is 11.2. The van der Waals surface area contributed by atoms with Gasteiger partial charge in [-0.3, -0.25) is 0 Å². The first-order chi connectivity index (χ1) is 8.57. The van der Waals surface area contributed by atoms with Crippen LogP contribution in [0.15, 0.2) is 29.2 Å². The Morgan fingerprint density at radius 3 is 2.00 bits per heavy atom. The number of rotatable bonds is 2. The number of benzene rings is 1. The Morgan fingerprint density at radius 2 is 1.63 bits per heavy atom. The van der Waals surface area contributed by atoms with Crippen LogP contribution in [-0.2, 0) is 19.8 Å². The number of halogens is 1. The lowest BCUT2D eigenvalue weighted by Gasteiger charge is -2.35. The molecule has 0 aromatic heterocycles. The van der Waals surface area contributed by atoms with Crippen molar-refractivity contribution in [2.75, 3.05) is 0 Å². The molecular formula is C13H17ClNO3S. The molecule has 1 heterocycles. The van der Waals surface area contributed by atoms with Crippen molar-refractivity contribution in [3.63, 3.8) is 0 Å². The van der Waals surface area contributed by atoms with Gasteiger partial charge in [0.1, 0.15) is 0 Å². The normalized spacial score (nSPS) is 27.6. The highest BCUT2D eigenvalue weighted by Gasteiger charge is 2.49. The van der Waals surface area contributed by atoms with Crippen LogP contribution >= 0.6 is 10.7 Å². The summed E-state index contributed by atoms with van der Waals surface area (Å²) in [5.74, 6) is 0. The summed E-state index contributed by atoms with van der Waals surface area (Å²) in [6.45, 7) is 5.73. The van der Waals surface area contributed by atoms with Crippen molar-refractivity contribution in [1.29, 1.82) is 0 Å². The molecule has 1 unspecified atom stereocenters. The van der Waals surface area contributed by atoms with E-state index in [9.17, 15) is 13.6 Å². The molecule has 1 aromatic carbocycles. The van der Waals surface area contributed by atoms with Crippen LogP contribution < -0.4 is 0 Å². The molecule has 0 N–H and O–H groups in total. The lowest BCUT2D eigenvalue weighted by Crippen LogP contribution is -2.44. The largest absolute Gasteiger partial charge is 0.261 e. The van der Waals surface area contributed by atoms with Gasteiger partial charge in [0.15, 0.2) is 0 Å². The summed E-state index contributed by atoms with van der Waals surface area (Å²) in [5.41, 5.74) is -0.193. The molecule has 2 rings (SSSR count). The SMILES string of the molecule is CC1(C)CCC(C)(c2ccc(S(=O)(=O)Cl)cc2)N1[O]. The number of hydrogen-bond donors (Lipinski definition) is 0. The van der Waals surface area contributed by atoms with Crippen molar-refractivity contribution < 1.29 is 13.6 Å². The first-order valence-electron chi connectivity index (χ1n) is 6.10. The zero-order valence-corrected chi connectivity index (χ0v) is 12.8. The van der Waals surface area contributed by atoms with Crippen LogP contribution in [0.5, 0.6) is 0 Å². The maximum Gasteiger partial charge on any atom is 0.261 e. The van der Waals surface area contributed by atoms with Crippen molar-refractivity contribution in [3.8, 4) is 0 Å². The molecule has 0 bridgehead atoms. The van der Waals surface area contributed by atoms with Gasteiger partial charge in [-0.2, -0.15) is 0 Å². The predicted molar refractivity (Wildman–Crippen MR) is 72.7 cm³/mol. The van der Waals surface area contributed by atoms with E-state index in [1.54, 1.807) is 12.1 Å². The Morgan fingerprint density at radius 1 is 1.11 bits per heavy atom. The second-order valence-electron chi connectivity index (χ2n) is 5.84. The van der Waals surface area contributed by atoms with Crippen LogP contribution in [0.4, 0.5) is 0 Å². The second-order valence-corrected chi connectivity index (χ2v) is 8.41. The van der Waals surface area contributed by atoms with Crippen LogP contribution in [0, 0.1) is 0 Å². The van der Waals surface area contributed by atoms with E-state index >= 15 is 0 Å². The minimum atomic E-state index is -3.72. The Bertz CT molecular complexity index is 582. The first kappa shape index (κ1) is 14.8. The smallest absolute Gasteiger partial charge is 0.207 e. The van der Waals surface area contributed by atoms with Gasteiger partial charge < -0.3 is 0 Å². The highest BCUT2D eigenvalue weighted by Crippen LogP contribution is 2.45. The third-order valence-corrected chi connectivity index (χ3v) is 5.35. The van der Waals surface area contributed by atoms with Gasteiger partial charge in [-0.05, 0) is 51.3 Å². The van der Waals surface area contributed by atoms with Crippen LogP contribution in [0.25, 0.3) is 0 Å². The van der Waals surface area contributed by atoms with Crippen LogP contribution in [0.3, 0.4) is 0 Å². The molecule has 1 radical (unpaired) electrons. The molecule has 19 heavy (non-hydrogen) atoms. The highest BCUT2D eigenvalue weighted by molar-refractivity contribution is 8.13. The van der Waals surface area contributed by atoms with Gasteiger partial charge in [-0.25, -0.2) is 8.42 Å². The molecule has 1 aliphatic rings. The fourth-order valence-corrected chi connectivity index (χ4v) is 3.43. The molecule has 1 aromatic rings. The van der Waals surface area contributed by atoms with E-state index in [1.165, 1.54) is 12.1 Å². The number of nitrogens with zero attached hydrogens (tertiary/aromatic N) is 1. The van der Waals surface area contributed by atoms with E-state index in [0.29, 0.717) is 0 Å². The summed E-state index contributed by atoms with van der Waals surface area (Å²) in [6.07, 6.45) is 1.55. The molecule has 4 nitrogen and oxygen atoms in total. The average molecular weight is 303 g/mol. The molecule has 1 atom stereocenters. The molecular weight excluding hydrogens is 286 g/mol. The summed E-state index contributed by atoms with van der Waals surface area (Å²) in [7, 11) is 1.56. The van der Waals surface area contributed by atoms with E-state index in [2.05, 4.69) is 0 Å². The zero-order chi connectivity index (χ0) is 14.5. The van der Waals surface area contributed by atoms with E-state index < -0.39 is 20.1 Å². The Kier molecular flexibility index (Phi) is 3.46. The molecule has 0 spiro atoms. The van der Waals surface area contributed by atoms with Crippen LogP contribution in [0.2, 0.25) is 0 Å². The molecule has 1 aliphatic heterocycles. The summed E-state index contributed by atoms with van der Waals surface area (Å²) < 4.78 is 22.4. The molecule has 0 amide bonds. The fraction of sp³-hybridized carbons (Fsp3) is 0.538. The van der Waals surface area contributed by atoms with E-state index in [0.717, 1.165) is 23.5 Å². The lowest BCUT2D eigenvalue weighted by atomic mass is 9.90. The van der Waals surface area contributed by atoms with Crippen molar-refractivity contribution in [3.05, 3.63) is 29.8 Å². The number of hydroxylamine groups is 2. The van der Waals surface area contributed by atoms with Gasteiger partial charge in [0.2, 0.25) is 0 Å². The molecule has 105 valence electrons. The lowest BCUT2D eigenvalue weighted by molar-refractivity contribution is -0.252. The fourth-order valence-electron chi connectivity index (χ4n) is 2.66. The van der Waals surface area contributed by atoms with Gasteiger partial charge in [0, 0.05) is 16.2 Å². The summed E-state index contributed by atoms with van der Waals surface area (Å²) in [5, 5.41) is 13.5. The summed E-state index contributed by atoms with van der Waals surface area (Å²) in [4.78, 5) is 0.0521. The molecule has 0 aliphatic carbocycles. The van der Waals surface area contributed by atoms with Crippen molar-refractivity contribution >= 4 is 19.7 Å². The second kappa shape index (κ2) is 4.45. The Balaban J connectivity index is 2.38. The Hall–Kier alpha value is -0.620. The van der Waals surface area contributed by atoms with Gasteiger partial charge in [-0.15, -0.1) is 10.3 Å². The minimum Gasteiger partial charge on any atom is -0.207 e. The predicted octanol–water partition coefficient (Wildman–Crippen LogP) is 3.05. The van der Waals surface area contributed by atoms with Gasteiger partial charge in [0.25, 0.3) is 9.05 Å². The standard InChI is InChI=1S/C13H17ClNO3S/c1-12(2)8-9-13(3,15(12)16)10-4-6-11(7-5-10)19(14,17)18/h4-7H,8-9H2,1-3H3. The highest BCUT2D eigenvalue weighted by atomic mass is 35.7. The van der Waals surface area contributed by atoms with E-state index in [4.69, 9.17) is 10.7 Å². The third-order valence-electron chi connectivity index (χ3n) is 3.98.